The summed E-state index contributed by atoms with van der Waals surface area (Å²) < 4.78 is 0. The first-order chi connectivity index (χ1) is 11.3. The van der Waals surface area contributed by atoms with Crippen LogP contribution in [-0.2, 0) is 10.3 Å². The fourth-order valence-corrected chi connectivity index (χ4v) is 3.06. The van der Waals surface area contributed by atoms with Gasteiger partial charge < -0.3 is 16.0 Å². The molecular formula is C17H22N4O2S. The first-order valence-corrected chi connectivity index (χ1v) is 8.59. The molecule has 1 atom stereocenters. The second kappa shape index (κ2) is 7.44. The minimum Gasteiger partial charge on any atom is -0.326 e. The molecule has 2 aromatic rings. The van der Waals surface area contributed by atoms with Crippen molar-refractivity contribution >= 4 is 34.6 Å². The average molecular weight is 346 g/mol. The van der Waals surface area contributed by atoms with E-state index in [1.807, 2.05) is 32.2 Å². The van der Waals surface area contributed by atoms with Crippen LogP contribution in [0.5, 0.6) is 0 Å². The van der Waals surface area contributed by atoms with Gasteiger partial charge in [-0.25, -0.2) is 9.78 Å². The van der Waals surface area contributed by atoms with Crippen molar-refractivity contribution in [2.75, 3.05) is 10.6 Å². The van der Waals surface area contributed by atoms with Crippen LogP contribution in [-0.4, -0.2) is 16.9 Å². The Bertz CT molecular complexity index is 730. The summed E-state index contributed by atoms with van der Waals surface area (Å²) in [5.74, 6) is -0.156. The number of nitrogens with one attached hydrogen (secondary N) is 3. The Morgan fingerprint density at radius 2 is 2.04 bits per heavy atom. The minimum atomic E-state index is -0.526. The average Bonchev–Trinajstić information content (AvgIpc) is 3.05. The highest BCUT2D eigenvalue weighted by molar-refractivity contribution is 7.09. The summed E-state index contributed by atoms with van der Waals surface area (Å²) in [5, 5.41) is 11.3. The van der Waals surface area contributed by atoms with Gasteiger partial charge in [0.1, 0.15) is 5.01 Å². The van der Waals surface area contributed by atoms with Crippen molar-refractivity contribution in [2.45, 2.75) is 39.7 Å². The SMILES string of the molecule is CC[C@](C)(NC(=O)Nc1cc(NC(C)=O)ccc1C)c1nccs1. The zero-order chi connectivity index (χ0) is 17.7. The van der Waals surface area contributed by atoms with Gasteiger partial charge in [-0.2, -0.15) is 0 Å². The maximum atomic E-state index is 12.4. The summed E-state index contributed by atoms with van der Waals surface area (Å²) in [6.45, 7) is 7.30. The van der Waals surface area contributed by atoms with E-state index in [0.29, 0.717) is 11.4 Å². The Kier molecular flexibility index (Phi) is 5.56. The second-order valence-electron chi connectivity index (χ2n) is 5.81. The van der Waals surface area contributed by atoms with E-state index in [-0.39, 0.29) is 11.9 Å². The van der Waals surface area contributed by atoms with Crippen LogP contribution in [0.25, 0.3) is 0 Å². The van der Waals surface area contributed by atoms with Gasteiger partial charge in [0.2, 0.25) is 5.91 Å². The van der Waals surface area contributed by atoms with Gasteiger partial charge in [-0.3, -0.25) is 4.79 Å². The van der Waals surface area contributed by atoms with E-state index in [2.05, 4.69) is 20.9 Å². The number of hydrogen-bond donors (Lipinski definition) is 3. The predicted molar refractivity (Wildman–Crippen MR) is 97.4 cm³/mol. The fraction of sp³-hybridized carbons (Fsp3) is 0.353. The van der Waals surface area contributed by atoms with E-state index in [4.69, 9.17) is 0 Å². The molecule has 6 nitrogen and oxygen atoms in total. The summed E-state index contributed by atoms with van der Waals surface area (Å²) in [7, 11) is 0. The molecule has 0 radical (unpaired) electrons. The third kappa shape index (κ3) is 4.32. The van der Waals surface area contributed by atoms with Crippen LogP contribution in [0.15, 0.2) is 29.8 Å². The van der Waals surface area contributed by atoms with E-state index in [1.54, 1.807) is 18.3 Å². The molecule has 1 heterocycles. The van der Waals surface area contributed by atoms with Gasteiger partial charge >= 0.3 is 6.03 Å². The lowest BCUT2D eigenvalue weighted by molar-refractivity contribution is -0.114. The number of urea groups is 1. The number of anilines is 2. The van der Waals surface area contributed by atoms with Crippen molar-refractivity contribution in [1.82, 2.24) is 10.3 Å². The van der Waals surface area contributed by atoms with Gasteiger partial charge in [-0.15, -0.1) is 11.3 Å². The van der Waals surface area contributed by atoms with Crippen LogP contribution < -0.4 is 16.0 Å². The molecule has 24 heavy (non-hydrogen) atoms. The molecule has 2 rings (SSSR count). The molecular weight excluding hydrogens is 324 g/mol. The van der Waals surface area contributed by atoms with Gasteiger partial charge in [0.15, 0.2) is 0 Å². The monoisotopic (exact) mass is 346 g/mol. The van der Waals surface area contributed by atoms with E-state index >= 15 is 0 Å². The first kappa shape index (κ1) is 17.9. The molecule has 0 saturated heterocycles. The quantitative estimate of drug-likeness (QED) is 0.769. The van der Waals surface area contributed by atoms with Crippen molar-refractivity contribution in [3.8, 4) is 0 Å². The normalized spacial score (nSPS) is 13.0. The lowest BCUT2D eigenvalue weighted by atomic mass is 10.0. The number of thiazole rings is 1. The maximum absolute atomic E-state index is 12.4. The summed E-state index contributed by atoms with van der Waals surface area (Å²) in [6, 6.07) is 5.08. The Balaban J connectivity index is 2.13. The predicted octanol–water partition coefficient (Wildman–Crippen LogP) is 3.86. The van der Waals surface area contributed by atoms with Crippen LogP contribution in [0.4, 0.5) is 16.2 Å². The Morgan fingerprint density at radius 1 is 1.29 bits per heavy atom. The Morgan fingerprint density at radius 3 is 2.62 bits per heavy atom. The van der Waals surface area contributed by atoms with Gasteiger partial charge in [-0.1, -0.05) is 13.0 Å². The second-order valence-corrected chi connectivity index (χ2v) is 6.71. The molecule has 0 spiro atoms. The number of amides is 3. The van der Waals surface area contributed by atoms with Crippen molar-refractivity contribution < 1.29 is 9.59 Å². The fourth-order valence-electron chi connectivity index (χ4n) is 2.23. The van der Waals surface area contributed by atoms with E-state index in [9.17, 15) is 9.59 Å². The highest BCUT2D eigenvalue weighted by Crippen LogP contribution is 2.27. The first-order valence-electron chi connectivity index (χ1n) is 7.71. The number of aromatic nitrogens is 1. The molecule has 3 amide bonds. The van der Waals surface area contributed by atoms with Crippen molar-refractivity contribution in [3.05, 3.63) is 40.3 Å². The lowest BCUT2D eigenvalue weighted by Crippen LogP contribution is -2.45. The number of aryl methyl sites for hydroxylation is 1. The molecule has 3 N–H and O–H groups in total. The lowest BCUT2D eigenvalue weighted by Gasteiger charge is -2.27. The van der Waals surface area contributed by atoms with Crippen LogP contribution >= 0.6 is 11.3 Å². The van der Waals surface area contributed by atoms with Crippen LogP contribution in [0.2, 0.25) is 0 Å². The molecule has 0 saturated carbocycles. The molecule has 1 aromatic heterocycles. The highest BCUT2D eigenvalue weighted by atomic mass is 32.1. The summed E-state index contributed by atoms with van der Waals surface area (Å²) in [6.07, 6.45) is 2.45. The standard InChI is InChI=1S/C17H22N4O2S/c1-5-17(4,15-18-8-9-24-15)21-16(23)20-14-10-13(19-12(3)22)7-6-11(14)2/h6-10H,5H2,1-4H3,(H,19,22)(H2,20,21,23)/t17-/m0/s1. The number of carbonyl (C=O) groups excluding carboxylic acids is 2. The molecule has 0 fully saturated rings. The van der Waals surface area contributed by atoms with Gasteiger partial charge in [0.25, 0.3) is 0 Å². The van der Waals surface area contributed by atoms with E-state index in [0.717, 1.165) is 17.0 Å². The Labute approximate surface area is 145 Å². The van der Waals surface area contributed by atoms with Crippen molar-refractivity contribution in [2.24, 2.45) is 0 Å². The molecule has 0 bridgehead atoms. The molecule has 1 aromatic carbocycles. The third-order valence-corrected chi connectivity index (χ3v) is 4.84. The summed E-state index contributed by atoms with van der Waals surface area (Å²) in [4.78, 5) is 27.9. The zero-order valence-corrected chi connectivity index (χ0v) is 15.1. The van der Waals surface area contributed by atoms with Crippen molar-refractivity contribution in [3.63, 3.8) is 0 Å². The number of benzene rings is 1. The van der Waals surface area contributed by atoms with Gasteiger partial charge in [-0.05, 0) is 38.0 Å². The molecule has 0 aliphatic carbocycles. The van der Waals surface area contributed by atoms with E-state index < -0.39 is 5.54 Å². The number of rotatable bonds is 5. The number of hydrogen-bond acceptors (Lipinski definition) is 4. The molecule has 128 valence electrons. The maximum Gasteiger partial charge on any atom is 0.320 e. The van der Waals surface area contributed by atoms with Crippen LogP contribution in [0, 0.1) is 6.92 Å². The van der Waals surface area contributed by atoms with Crippen molar-refractivity contribution in [1.29, 1.82) is 0 Å². The molecule has 0 aliphatic heterocycles. The highest BCUT2D eigenvalue weighted by Gasteiger charge is 2.29. The number of nitrogens with zero attached hydrogens (tertiary/aromatic N) is 1. The number of carbonyl (C=O) groups is 2. The summed E-state index contributed by atoms with van der Waals surface area (Å²) >= 11 is 1.51. The zero-order valence-electron chi connectivity index (χ0n) is 14.3. The molecule has 0 aliphatic rings. The largest absolute Gasteiger partial charge is 0.326 e. The van der Waals surface area contributed by atoms with Gasteiger partial charge in [0, 0.05) is 29.9 Å². The van der Waals surface area contributed by atoms with Gasteiger partial charge in [0.05, 0.1) is 5.54 Å². The molecule has 0 unspecified atom stereocenters. The topological polar surface area (TPSA) is 83.1 Å². The van der Waals surface area contributed by atoms with Crippen LogP contribution in [0.3, 0.4) is 0 Å². The Hall–Kier alpha value is -2.41. The minimum absolute atomic E-state index is 0.156. The third-order valence-electron chi connectivity index (χ3n) is 3.81. The van der Waals surface area contributed by atoms with Crippen LogP contribution in [0.1, 0.15) is 37.8 Å². The van der Waals surface area contributed by atoms with E-state index in [1.165, 1.54) is 18.3 Å². The summed E-state index contributed by atoms with van der Waals surface area (Å²) in [5.41, 5.74) is 1.67. The molecule has 7 heteroatoms. The smallest absolute Gasteiger partial charge is 0.320 e.